The van der Waals surface area contributed by atoms with Crippen molar-refractivity contribution in [1.29, 1.82) is 5.26 Å². The molecule has 0 bridgehead atoms. The van der Waals surface area contributed by atoms with Crippen molar-refractivity contribution in [2.75, 3.05) is 13.7 Å². The average Bonchev–Trinajstić information content (AvgIpc) is 2.71. The number of methoxy groups -OCH3 is 1. The molecule has 0 aliphatic carbocycles. The second-order valence-electron chi connectivity index (χ2n) is 5.80. The Kier molecular flexibility index (Phi) is 7.91. The molecule has 0 spiro atoms. The molecule has 2 aromatic rings. The lowest BCUT2D eigenvalue weighted by Gasteiger charge is -2.14. The van der Waals surface area contributed by atoms with Crippen LogP contribution in [0, 0.1) is 27.2 Å². The quantitative estimate of drug-likeness (QED) is 0.277. The Balaban J connectivity index is 2.26. The van der Waals surface area contributed by atoms with Crippen molar-refractivity contribution in [2.24, 2.45) is 0 Å². The number of hydrogen-bond donors (Lipinski definition) is 1. The van der Waals surface area contributed by atoms with Crippen LogP contribution in [-0.2, 0) is 4.79 Å². The number of halogens is 1. The van der Waals surface area contributed by atoms with E-state index in [0.717, 1.165) is 9.13 Å². The van der Waals surface area contributed by atoms with Gasteiger partial charge in [-0.2, -0.15) is 5.26 Å². The molecule has 6 heteroatoms. The van der Waals surface area contributed by atoms with Crippen molar-refractivity contribution in [3.05, 3.63) is 62.7 Å². The van der Waals surface area contributed by atoms with Crippen molar-refractivity contribution in [1.82, 2.24) is 5.32 Å². The molecule has 2 aromatic carbocycles. The zero-order valence-corrected chi connectivity index (χ0v) is 17.7. The first-order valence-corrected chi connectivity index (χ1v) is 9.49. The van der Waals surface area contributed by atoms with Crippen LogP contribution in [0.2, 0.25) is 0 Å². The Bertz CT molecular complexity index is 956. The Morgan fingerprint density at radius 1 is 1.36 bits per heavy atom. The molecule has 142 valence electrons. The lowest BCUT2D eigenvalue weighted by atomic mass is 10.1. The summed E-state index contributed by atoms with van der Waals surface area (Å²) in [5.41, 5.74) is 1.60. The molecule has 1 amide bonds. The van der Waals surface area contributed by atoms with Crippen LogP contribution in [0.3, 0.4) is 0 Å². The predicted molar refractivity (Wildman–Crippen MR) is 117 cm³/mol. The van der Waals surface area contributed by atoms with Gasteiger partial charge in [-0.25, -0.2) is 0 Å². The van der Waals surface area contributed by atoms with Gasteiger partial charge in [-0.3, -0.25) is 4.79 Å². The Morgan fingerprint density at radius 3 is 2.68 bits per heavy atom. The molecule has 0 saturated carbocycles. The first kappa shape index (κ1) is 21.3. The summed E-state index contributed by atoms with van der Waals surface area (Å²) in [7, 11) is 1.51. The van der Waals surface area contributed by atoms with Gasteiger partial charge in [0.15, 0.2) is 11.5 Å². The van der Waals surface area contributed by atoms with Crippen molar-refractivity contribution < 1.29 is 14.3 Å². The number of ether oxygens (including phenoxy) is 2. The monoisotopic (exact) mass is 486 g/mol. The standard InChI is InChI=1S/C22H19IN2O3/c1-4-10-28-21-19(23)12-16(13-20(21)27-3)11-18(14-24)22(26)25-15(2)17-8-6-5-7-9-17/h1,5-9,11-13,15H,10H2,2-3H3,(H,25,26)/b18-11-/t15-/m0/s1. The molecular weight excluding hydrogens is 467 g/mol. The molecule has 1 atom stereocenters. The number of carbonyl (C=O) groups excluding carboxylic acids is 1. The third kappa shape index (κ3) is 5.51. The fourth-order valence-electron chi connectivity index (χ4n) is 2.49. The normalized spacial score (nSPS) is 11.7. The first-order valence-electron chi connectivity index (χ1n) is 8.41. The summed E-state index contributed by atoms with van der Waals surface area (Å²) >= 11 is 2.09. The number of nitrogens with one attached hydrogen (secondary N) is 1. The van der Waals surface area contributed by atoms with Crippen LogP contribution in [0.5, 0.6) is 11.5 Å². The summed E-state index contributed by atoms with van der Waals surface area (Å²) in [5, 5.41) is 12.3. The molecule has 0 aromatic heterocycles. The smallest absolute Gasteiger partial charge is 0.262 e. The molecule has 0 aliphatic heterocycles. The highest BCUT2D eigenvalue weighted by atomic mass is 127. The maximum atomic E-state index is 12.5. The molecule has 28 heavy (non-hydrogen) atoms. The lowest BCUT2D eigenvalue weighted by Crippen LogP contribution is -2.27. The van der Waals surface area contributed by atoms with Crippen molar-refractivity contribution in [3.8, 4) is 29.9 Å². The molecule has 0 saturated heterocycles. The average molecular weight is 486 g/mol. The van der Waals surface area contributed by atoms with E-state index in [1.807, 2.05) is 43.3 Å². The van der Waals surface area contributed by atoms with Crippen LogP contribution in [0.25, 0.3) is 6.08 Å². The van der Waals surface area contributed by atoms with E-state index in [2.05, 4.69) is 33.8 Å². The van der Waals surface area contributed by atoms with E-state index in [1.165, 1.54) is 13.2 Å². The van der Waals surface area contributed by atoms with E-state index >= 15 is 0 Å². The highest BCUT2D eigenvalue weighted by molar-refractivity contribution is 14.1. The molecule has 0 unspecified atom stereocenters. The van der Waals surface area contributed by atoms with Crippen molar-refractivity contribution >= 4 is 34.6 Å². The number of carbonyl (C=O) groups is 1. The lowest BCUT2D eigenvalue weighted by molar-refractivity contribution is -0.117. The highest BCUT2D eigenvalue weighted by Gasteiger charge is 2.15. The molecule has 1 N–H and O–H groups in total. The fourth-order valence-corrected chi connectivity index (χ4v) is 3.27. The number of nitrogens with zero attached hydrogens (tertiary/aromatic N) is 1. The molecule has 0 radical (unpaired) electrons. The van der Waals surface area contributed by atoms with Crippen LogP contribution in [0.1, 0.15) is 24.1 Å². The highest BCUT2D eigenvalue weighted by Crippen LogP contribution is 2.34. The van der Waals surface area contributed by atoms with Crippen molar-refractivity contribution in [2.45, 2.75) is 13.0 Å². The Labute approximate surface area is 178 Å². The van der Waals surface area contributed by atoms with E-state index in [9.17, 15) is 10.1 Å². The number of hydrogen-bond acceptors (Lipinski definition) is 4. The first-order chi connectivity index (χ1) is 13.5. The third-order valence-electron chi connectivity index (χ3n) is 3.87. The Morgan fingerprint density at radius 2 is 2.07 bits per heavy atom. The second kappa shape index (κ2) is 10.4. The summed E-state index contributed by atoms with van der Waals surface area (Å²) in [6.07, 6.45) is 6.76. The second-order valence-corrected chi connectivity index (χ2v) is 6.96. The van der Waals surface area contributed by atoms with Crippen molar-refractivity contribution in [3.63, 3.8) is 0 Å². The Hall–Kier alpha value is -2.97. The van der Waals surface area contributed by atoms with Gasteiger partial charge in [0, 0.05) is 0 Å². The van der Waals surface area contributed by atoms with Crippen LogP contribution in [-0.4, -0.2) is 19.6 Å². The van der Waals surface area contributed by atoms with E-state index in [1.54, 1.807) is 12.1 Å². The number of terminal acetylenes is 1. The van der Waals surface area contributed by atoms with Gasteiger partial charge < -0.3 is 14.8 Å². The van der Waals surface area contributed by atoms with Crippen LogP contribution in [0.4, 0.5) is 0 Å². The van der Waals surface area contributed by atoms with E-state index < -0.39 is 5.91 Å². The van der Waals surface area contributed by atoms with Gasteiger partial charge in [-0.15, -0.1) is 6.42 Å². The largest absolute Gasteiger partial charge is 0.493 e. The zero-order chi connectivity index (χ0) is 20.5. The topological polar surface area (TPSA) is 71.3 Å². The SMILES string of the molecule is C#CCOc1c(I)cc(/C=C(/C#N)C(=O)N[C@@H](C)c2ccccc2)cc1OC. The zero-order valence-electron chi connectivity index (χ0n) is 15.5. The number of rotatable bonds is 7. The minimum atomic E-state index is -0.444. The van der Waals surface area contributed by atoms with Gasteiger partial charge in [-0.05, 0) is 58.9 Å². The van der Waals surface area contributed by atoms with Gasteiger partial charge in [0.25, 0.3) is 5.91 Å². The van der Waals surface area contributed by atoms with Gasteiger partial charge >= 0.3 is 0 Å². The summed E-state index contributed by atoms with van der Waals surface area (Å²) < 4.78 is 11.6. The van der Waals surface area contributed by atoms with E-state index in [4.69, 9.17) is 15.9 Å². The van der Waals surface area contributed by atoms with Gasteiger partial charge in [0.05, 0.1) is 16.7 Å². The predicted octanol–water partition coefficient (Wildman–Crippen LogP) is 4.10. The van der Waals surface area contributed by atoms with Crippen LogP contribution >= 0.6 is 22.6 Å². The van der Waals surface area contributed by atoms with E-state index in [-0.39, 0.29) is 18.2 Å². The summed E-state index contributed by atoms with van der Waals surface area (Å²) in [6.45, 7) is 1.98. The molecular formula is C22H19IN2O3. The summed E-state index contributed by atoms with van der Waals surface area (Å²) in [5.74, 6) is 2.97. The van der Waals surface area contributed by atoms with Gasteiger partial charge in [0.2, 0.25) is 0 Å². The maximum absolute atomic E-state index is 12.5. The van der Waals surface area contributed by atoms with Crippen LogP contribution < -0.4 is 14.8 Å². The molecule has 0 heterocycles. The minimum Gasteiger partial charge on any atom is -0.493 e. The van der Waals surface area contributed by atoms with E-state index in [0.29, 0.717) is 17.1 Å². The van der Waals surface area contributed by atoms with Gasteiger partial charge in [0.1, 0.15) is 18.2 Å². The minimum absolute atomic E-state index is 0.00192. The number of nitriles is 1. The van der Waals surface area contributed by atoms with Gasteiger partial charge in [-0.1, -0.05) is 36.3 Å². The van der Waals surface area contributed by atoms with Crippen LogP contribution in [0.15, 0.2) is 48.0 Å². The summed E-state index contributed by atoms with van der Waals surface area (Å²) in [6, 6.07) is 14.8. The molecule has 0 aliphatic rings. The molecule has 2 rings (SSSR count). The number of amides is 1. The molecule has 0 fully saturated rings. The number of benzene rings is 2. The third-order valence-corrected chi connectivity index (χ3v) is 4.68. The summed E-state index contributed by atoms with van der Waals surface area (Å²) in [4.78, 5) is 12.5. The maximum Gasteiger partial charge on any atom is 0.262 e. The fraction of sp³-hybridized carbons (Fsp3) is 0.182. The molecule has 5 nitrogen and oxygen atoms in total.